The average molecular weight is 352 g/mol. The molecule has 0 atom stereocenters. The molecule has 0 saturated heterocycles. The number of rotatable bonds is 5. The summed E-state index contributed by atoms with van der Waals surface area (Å²) in [6.45, 7) is 6.57. The van der Waals surface area contributed by atoms with Gasteiger partial charge in [-0.3, -0.25) is 0 Å². The van der Waals surface area contributed by atoms with Crippen LogP contribution in [0.4, 0.5) is 0 Å². The molecule has 0 spiro atoms. The second-order valence-corrected chi connectivity index (χ2v) is 15.5. The Morgan fingerprint density at radius 2 is 1.39 bits per heavy atom. The van der Waals surface area contributed by atoms with Crippen LogP contribution in [0.5, 0.6) is 0 Å². The van der Waals surface area contributed by atoms with E-state index in [1.165, 1.54) is 0 Å². The van der Waals surface area contributed by atoms with Crippen molar-refractivity contribution in [3.63, 3.8) is 0 Å². The van der Waals surface area contributed by atoms with E-state index in [0.717, 1.165) is 16.7 Å². The Balaban J connectivity index is 2.38. The number of hydrogen-bond donors (Lipinski definition) is 0. The Kier molecular flexibility index (Phi) is 4.74. The van der Waals surface area contributed by atoms with Crippen LogP contribution in [-0.2, 0) is 20.3 Å². The third kappa shape index (κ3) is 4.63. The molecule has 0 aliphatic rings. The van der Waals surface area contributed by atoms with Gasteiger partial charge in [-0.2, -0.15) is 0 Å². The summed E-state index contributed by atoms with van der Waals surface area (Å²) in [4.78, 5) is 0.299. The molecule has 0 heterocycles. The molecule has 3 nitrogen and oxygen atoms in total. The molecule has 0 aliphatic carbocycles. The van der Waals surface area contributed by atoms with Crippen molar-refractivity contribution in [2.45, 2.75) is 24.9 Å². The minimum absolute atomic E-state index is 0.299. The first-order chi connectivity index (χ1) is 10.5. The van der Waals surface area contributed by atoms with Crippen LogP contribution in [0.25, 0.3) is 0 Å². The summed E-state index contributed by atoms with van der Waals surface area (Å²) in [6, 6.07) is 15.3. The van der Waals surface area contributed by atoms with Crippen LogP contribution in [0.1, 0.15) is 16.7 Å². The Morgan fingerprint density at radius 1 is 0.870 bits per heavy atom. The number of benzene rings is 2. The predicted octanol–water partition coefficient (Wildman–Crippen LogP) is 4.57. The quantitative estimate of drug-likeness (QED) is 0.741. The van der Waals surface area contributed by atoms with Gasteiger partial charge in [0.1, 0.15) is 0 Å². The van der Waals surface area contributed by atoms with Crippen molar-refractivity contribution in [3.05, 3.63) is 65.2 Å². The van der Waals surface area contributed by atoms with Gasteiger partial charge >= 0.3 is 139 Å². The molecule has 0 radical (unpaired) electrons. The first kappa shape index (κ1) is 18.1. The zero-order valence-electron chi connectivity index (χ0n) is 14.4. The average Bonchev–Trinajstić information content (AvgIpc) is 2.36. The number of hydrogen-bond acceptors (Lipinski definition) is 3. The van der Waals surface area contributed by atoms with Crippen molar-refractivity contribution >= 4 is 16.9 Å². The fraction of sp³-hybridized carbons (Fsp3) is 0.333. The van der Waals surface area contributed by atoms with Crippen molar-refractivity contribution in [1.29, 1.82) is 0 Å². The summed E-state index contributed by atoms with van der Waals surface area (Å²) < 4.78 is 31.7. The van der Waals surface area contributed by atoms with E-state index in [4.69, 9.17) is 3.97 Å². The van der Waals surface area contributed by atoms with E-state index >= 15 is 0 Å². The fourth-order valence-corrected chi connectivity index (χ4v) is 8.63. The molecule has 0 N–H and O–H groups in total. The first-order valence-corrected chi connectivity index (χ1v) is 12.6. The predicted molar refractivity (Wildman–Crippen MR) is 99.0 cm³/mol. The van der Waals surface area contributed by atoms with Gasteiger partial charge in [0.05, 0.1) is 0 Å². The van der Waals surface area contributed by atoms with E-state index in [-0.39, 0.29) is 0 Å². The molecule has 0 fully saturated rings. The van der Waals surface area contributed by atoms with Crippen LogP contribution in [0.3, 0.4) is 0 Å². The third-order valence-electron chi connectivity index (χ3n) is 3.60. The minimum atomic E-state index is -3.80. The third-order valence-corrected chi connectivity index (χ3v) is 9.18. The van der Waals surface area contributed by atoms with Gasteiger partial charge in [-0.1, -0.05) is 0 Å². The molecule has 2 aromatic rings. The van der Waals surface area contributed by atoms with Crippen molar-refractivity contribution in [1.82, 2.24) is 0 Å². The van der Waals surface area contributed by atoms with Gasteiger partial charge in [0, 0.05) is 0 Å². The van der Waals surface area contributed by atoms with E-state index < -0.39 is 16.9 Å². The second-order valence-electron chi connectivity index (χ2n) is 7.36. The summed E-state index contributed by atoms with van der Waals surface area (Å²) in [5.41, 5.74) is 2.53. The molecule has 2 aromatic carbocycles. The molecule has 0 aliphatic heterocycles. The zero-order chi connectivity index (χ0) is 17.3. The molecule has 0 aromatic heterocycles. The van der Waals surface area contributed by atoms with Gasteiger partial charge in [-0.25, -0.2) is 0 Å². The first-order valence-electron chi connectivity index (χ1n) is 7.55. The van der Waals surface area contributed by atoms with Crippen LogP contribution in [0, 0.1) is 13.8 Å². The normalized spacial score (nSPS) is 14.2. The Bertz CT molecular complexity index is 783. The second kappa shape index (κ2) is 6.01. The SMILES string of the molecule is Cc1cccc(C)c1S(=O)(=O)OP(C)(C)(C)Cc1ccccc1. The Hall–Kier alpha value is -1.22. The summed E-state index contributed by atoms with van der Waals surface area (Å²) in [5, 5.41) is 0. The van der Waals surface area contributed by atoms with E-state index in [2.05, 4.69) is 0 Å². The summed E-state index contributed by atoms with van der Waals surface area (Å²) in [6.07, 6.45) is 0.622. The van der Waals surface area contributed by atoms with E-state index in [0.29, 0.717) is 11.1 Å². The molecular formula is C18H25O3PS. The Labute approximate surface area is 139 Å². The van der Waals surface area contributed by atoms with E-state index in [1.54, 1.807) is 26.0 Å². The molecule has 0 unspecified atom stereocenters. The maximum atomic E-state index is 12.9. The summed E-state index contributed by atoms with van der Waals surface area (Å²) in [7, 11) is -3.80. The van der Waals surface area contributed by atoms with Gasteiger partial charge in [0.25, 0.3) is 0 Å². The molecule has 23 heavy (non-hydrogen) atoms. The maximum absolute atomic E-state index is 12.9. The summed E-state index contributed by atoms with van der Waals surface area (Å²) >= 11 is 0. The monoisotopic (exact) mass is 352 g/mol. The van der Waals surface area contributed by atoms with Gasteiger partial charge in [-0.15, -0.1) is 0 Å². The topological polar surface area (TPSA) is 43.4 Å². The zero-order valence-corrected chi connectivity index (χ0v) is 16.1. The van der Waals surface area contributed by atoms with Gasteiger partial charge in [0.2, 0.25) is 0 Å². The van der Waals surface area contributed by atoms with E-state index in [9.17, 15) is 8.42 Å². The van der Waals surface area contributed by atoms with E-state index in [1.807, 2.05) is 56.4 Å². The van der Waals surface area contributed by atoms with Crippen LogP contribution < -0.4 is 0 Å². The van der Waals surface area contributed by atoms with Gasteiger partial charge in [-0.05, 0) is 0 Å². The Morgan fingerprint density at radius 3 is 1.91 bits per heavy atom. The summed E-state index contributed by atoms with van der Waals surface area (Å²) in [5.74, 6) is 0. The number of aryl methyl sites for hydroxylation is 2. The van der Waals surface area contributed by atoms with Gasteiger partial charge in [0.15, 0.2) is 0 Å². The van der Waals surface area contributed by atoms with Gasteiger partial charge < -0.3 is 0 Å². The standard InChI is InChI=1S/C18H25O3PS/c1-15-10-9-11-16(2)18(15)23(19,20)21-22(3,4,5)14-17-12-7-6-8-13-17/h6-13H,14H2,1-5H3. The van der Waals surface area contributed by atoms with Crippen molar-refractivity contribution in [2.24, 2.45) is 0 Å². The molecule has 0 saturated carbocycles. The molecular weight excluding hydrogens is 327 g/mol. The van der Waals surface area contributed by atoms with Crippen molar-refractivity contribution in [3.8, 4) is 0 Å². The molecule has 126 valence electrons. The molecule has 2 rings (SSSR count). The van der Waals surface area contributed by atoms with Crippen LogP contribution in [0.15, 0.2) is 53.4 Å². The van der Waals surface area contributed by atoms with Crippen molar-refractivity contribution in [2.75, 3.05) is 20.0 Å². The van der Waals surface area contributed by atoms with Crippen molar-refractivity contribution < 1.29 is 12.4 Å². The van der Waals surface area contributed by atoms with Crippen LogP contribution in [-0.4, -0.2) is 28.4 Å². The van der Waals surface area contributed by atoms with Crippen LogP contribution >= 0.6 is 6.83 Å². The molecule has 0 bridgehead atoms. The fourth-order valence-electron chi connectivity index (χ4n) is 2.83. The van der Waals surface area contributed by atoms with Crippen LogP contribution in [0.2, 0.25) is 0 Å². The molecule has 0 amide bonds. The molecule has 5 heteroatoms.